The molecule has 4 heteroatoms. The standard InChI is InChI=1S/C8H8BrFOS/c1-2-5(10)8(11)6-3-4-7(9)12-6/h3-5H,2H2,1H3. The highest BCUT2D eigenvalue weighted by atomic mass is 79.9. The summed E-state index contributed by atoms with van der Waals surface area (Å²) in [6.07, 6.45) is -1.11. The van der Waals surface area contributed by atoms with Crippen LogP contribution in [0.1, 0.15) is 23.0 Å². The highest BCUT2D eigenvalue weighted by Crippen LogP contribution is 2.24. The van der Waals surface area contributed by atoms with E-state index in [2.05, 4.69) is 15.9 Å². The van der Waals surface area contributed by atoms with Crippen LogP contribution < -0.4 is 0 Å². The molecule has 1 atom stereocenters. The molecular formula is C8H8BrFOS. The van der Waals surface area contributed by atoms with Gasteiger partial charge in [-0.15, -0.1) is 11.3 Å². The van der Waals surface area contributed by atoms with E-state index in [-0.39, 0.29) is 6.42 Å². The topological polar surface area (TPSA) is 17.1 Å². The number of hydrogen-bond acceptors (Lipinski definition) is 2. The second-order valence-corrected chi connectivity index (χ2v) is 4.81. The van der Waals surface area contributed by atoms with Crippen LogP contribution >= 0.6 is 27.3 Å². The summed E-state index contributed by atoms with van der Waals surface area (Å²) in [5, 5.41) is 0. The van der Waals surface area contributed by atoms with Crippen molar-refractivity contribution in [2.24, 2.45) is 0 Å². The third kappa shape index (κ3) is 2.14. The Balaban J connectivity index is 2.78. The average Bonchev–Trinajstić information content (AvgIpc) is 2.49. The van der Waals surface area contributed by atoms with Gasteiger partial charge in [0, 0.05) is 0 Å². The predicted octanol–water partition coefficient (Wildman–Crippen LogP) is 3.44. The first-order chi connectivity index (χ1) is 5.65. The predicted molar refractivity (Wildman–Crippen MR) is 51.5 cm³/mol. The van der Waals surface area contributed by atoms with Crippen molar-refractivity contribution in [1.29, 1.82) is 0 Å². The highest BCUT2D eigenvalue weighted by Gasteiger charge is 2.18. The molecule has 66 valence electrons. The van der Waals surface area contributed by atoms with Gasteiger partial charge in [-0.25, -0.2) is 4.39 Å². The molecule has 0 aliphatic rings. The number of rotatable bonds is 3. The molecule has 1 rings (SSSR count). The Morgan fingerprint density at radius 2 is 2.42 bits per heavy atom. The molecule has 1 unspecified atom stereocenters. The number of ketones is 1. The molecule has 0 fully saturated rings. The van der Waals surface area contributed by atoms with Crippen molar-refractivity contribution in [3.05, 3.63) is 20.8 Å². The summed E-state index contributed by atoms with van der Waals surface area (Å²) in [5.41, 5.74) is 0. The van der Waals surface area contributed by atoms with Crippen LogP contribution in [0.15, 0.2) is 15.9 Å². The van der Waals surface area contributed by atoms with E-state index >= 15 is 0 Å². The molecule has 1 nitrogen and oxygen atoms in total. The monoisotopic (exact) mass is 250 g/mol. The fraction of sp³-hybridized carbons (Fsp3) is 0.375. The van der Waals surface area contributed by atoms with Crippen molar-refractivity contribution in [3.8, 4) is 0 Å². The molecule has 0 aliphatic heterocycles. The molecule has 0 aromatic carbocycles. The van der Waals surface area contributed by atoms with Crippen LogP contribution in [0.4, 0.5) is 4.39 Å². The van der Waals surface area contributed by atoms with Crippen molar-refractivity contribution in [3.63, 3.8) is 0 Å². The summed E-state index contributed by atoms with van der Waals surface area (Å²) in [6.45, 7) is 1.66. The maximum absolute atomic E-state index is 12.9. The summed E-state index contributed by atoms with van der Waals surface area (Å²) in [7, 11) is 0. The van der Waals surface area contributed by atoms with E-state index in [9.17, 15) is 9.18 Å². The van der Waals surface area contributed by atoms with E-state index in [1.165, 1.54) is 11.3 Å². The molecule has 0 amide bonds. The van der Waals surface area contributed by atoms with Crippen molar-refractivity contribution < 1.29 is 9.18 Å². The first-order valence-corrected chi connectivity index (χ1v) is 5.19. The minimum Gasteiger partial charge on any atom is -0.290 e. The lowest BCUT2D eigenvalue weighted by Gasteiger charge is -1.99. The Labute approximate surface area is 82.7 Å². The fourth-order valence-electron chi connectivity index (χ4n) is 0.786. The van der Waals surface area contributed by atoms with Gasteiger partial charge in [-0.2, -0.15) is 0 Å². The zero-order valence-electron chi connectivity index (χ0n) is 6.51. The quantitative estimate of drug-likeness (QED) is 0.752. The first-order valence-electron chi connectivity index (χ1n) is 3.58. The Hall–Kier alpha value is -0.220. The van der Waals surface area contributed by atoms with E-state index in [1.807, 2.05) is 0 Å². The molecule has 1 aromatic rings. The van der Waals surface area contributed by atoms with Crippen LogP contribution in [-0.4, -0.2) is 12.0 Å². The Morgan fingerprint density at radius 3 is 2.83 bits per heavy atom. The summed E-state index contributed by atoms with van der Waals surface area (Å²) < 4.78 is 13.7. The fourth-order valence-corrected chi connectivity index (χ4v) is 2.15. The number of halogens is 2. The van der Waals surface area contributed by atoms with Crippen LogP contribution in [-0.2, 0) is 0 Å². The highest BCUT2D eigenvalue weighted by molar-refractivity contribution is 9.11. The van der Waals surface area contributed by atoms with Gasteiger partial charge in [-0.05, 0) is 34.5 Å². The lowest BCUT2D eigenvalue weighted by molar-refractivity contribution is 0.0878. The zero-order chi connectivity index (χ0) is 9.14. The molecule has 0 N–H and O–H groups in total. The summed E-state index contributed by atoms with van der Waals surface area (Å²) >= 11 is 4.48. The second-order valence-electron chi connectivity index (χ2n) is 2.34. The van der Waals surface area contributed by atoms with Crippen LogP contribution in [0.3, 0.4) is 0 Å². The second kappa shape index (κ2) is 4.14. The van der Waals surface area contributed by atoms with Gasteiger partial charge in [0.1, 0.15) is 0 Å². The van der Waals surface area contributed by atoms with Gasteiger partial charge in [0.15, 0.2) is 6.17 Å². The third-order valence-electron chi connectivity index (χ3n) is 1.46. The molecule has 1 aromatic heterocycles. The Kier molecular flexibility index (Phi) is 3.40. The van der Waals surface area contributed by atoms with Crippen molar-refractivity contribution in [2.75, 3.05) is 0 Å². The van der Waals surface area contributed by atoms with E-state index in [1.54, 1.807) is 19.1 Å². The van der Waals surface area contributed by atoms with Crippen molar-refractivity contribution in [1.82, 2.24) is 0 Å². The van der Waals surface area contributed by atoms with Crippen LogP contribution in [0.5, 0.6) is 0 Å². The van der Waals surface area contributed by atoms with Gasteiger partial charge in [-0.1, -0.05) is 6.92 Å². The maximum atomic E-state index is 12.9. The summed E-state index contributed by atoms with van der Waals surface area (Å²) in [5.74, 6) is -0.409. The zero-order valence-corrected chi connectivity index (χ0v) is 8.91. The molecule has 0 saturated heterocycles. The SMILES string of the molecule is CCC(F)C(=O)c1ccc(Br)s1. The van der Waals surface area contributed by atoms with Crippen LogP contribution in [0.2, 0.25) is 0 Å². The molecule has 12 heavy (non-hydrogen) atoms. The van der Waals surface area contributed by atoms with Crippen LogP contribution in [0.25, 0.3) is 0 Å². The van der Waals surface area contributed by atoms with Crippen molar-refractivity contribution >= 4 is 33.0 Å². The summed E-state index contributed by atoms with van der Waals surface area (Å²) in [6, 6.07) is 3.39. The molecule has 0 radical (unpaired) electrons. The molecule has 0 spiro atoms. The first kappa shape index (κ1) is 9.86. The Bertz CT molecular complexity index is 284. The van der Waals surface area contributed by atoms with E-state index in [0.717, 1.165) is 3.79 Å². The van der Waals surface area contributed by atoms with Gasteiger partial charge in [0.2, 0.25) is 5.78 Å². The number of hydrogen-bond donors (Lipinski definition) is 0. The lowest BCUT2D eigenvalue weighted by Crippen LogP contribution is -2.12. The normalized spacial score (nSPS) is 12.9. The average molecular weight is 251 g/mol. The van der Waals surface area contributed by atoms with Gasteiger partial charge < -0.3 is 0 Å². The molecule has 1 heterocycles. The van der Waals surface area contributed by atoms with Gasteiger partial charge >= 0.3 is 0 Å². The third-order valence-corrected chi connectivity index (χ3v) is 3.10. The van der Waals surface area contributed by atoms with Crippen LogP contribution in [0, 0.1) is 0 Å². The maximum Gasteiger partial charge on any atom is 0.206 e. The van der Waals surface area contributed by atoms with Crippen molar-refractivity contribution in [2.45, 2.75) is 19.5 Å². The smallest absolute Gasteiger partial charge is 0.206 e. The number of thiophene rings is 1. The minimum atomic E-state index is -1.35. The number of Topliss-reactive ketones (excluding diaryl/α,β-unsaturated/α-hetero) is 1. The molecule has 0 aliphatic carbocycles. The van der Waals surface area contributed by atoms with E-state index in [0.29, 0.717) is 4.88 Å². The lowest BCUT2D eigenvalue weighted by atomic mass is 10.2. The molecule has 0 saturated carbocycles. The number of alkyl halides is 1. The number of carbonyl (C=O) groups excluding carboxylic acids is 1. The van der Waals surface area contributed by atoms with Gasteiger partial charge in [0.05, 0.1) is 8.66 Å². The van der Waals surface area contributed by atoms with E-state index < -0.39 is 12.0 Å². The van der Waals surface area contributed by atoms with Gasteiger partial charge in [0.25, 0.3) is 0 Å². The largest absolute Gasteiger partial charge is 0.290 e. The Morgan fingerprint density at radius 1 is 1.75 bits per heavy atom. The minimum absolute atomic E-state index is 0.244. The molecular weight excluding hydrogens is 243 g/mol. The number of carbonyl (C=O) groups is 1. The van der Waals surface area contributed by atoms with Gasteiger partial charge in [-0.3, -0.25) is 4.79 Å². The molecule has 0 bridgehead atoms. The summed E-state index contributed by atoms with van der Waals surface area (Å²) in [4.78, 5) is 11.7. The van der Waals surface area contributed by atoms with E-state index in [4.69, 9.17) is 0 Å².